The fraction of sp³-hybridized carbons (Fsp3) is 0.150. The molecule has 0 atom stereocenters. The van der Waals surface area contributed by atoms with Gasteiger partial charge >= 0.3 is 0 Å². The maximum absolute atomic E-state index is 5.72. The predicted molar refractivity (Wildman–Crippen MR) is 97.7 cm³/mol. The van der Waals surface area contributed by atoms with Gasteiger partial charge in [0.25, 0.3) is 0 Å². The second-order valence-electron chi connectivity index (χ2n) is 5.69. The van der Waals surface area contributed by atoms with Crippen LogP contribution in [0, 0.1) is 0 Å². The zero-order chi connectivity index (χ0) is 17.8. The van der Waals surface area contributed by atoms with E-state index in [1.165, 1.54) is 0 Å². The van der Waals surface area contributed by atoms with Crippen LogP contribution in [0.3, 0.4) is 0 Å². The Morgan fingerprint density at radius 1 is 1.04 bits per heavy atom. The first-order valence-electron chi connectivity index (χ1n) is 8.46. The van der Waals surface area contributed by atoms with Crippen LogP contribution in [-0.4, -0.2) is 26.3 Å². The summed E-state index contributed by atoms with van der Waals surface area (Å²) in [6.07, 6.45) is 3.65. The summed E-state index contributed by atoms with van der Waals surface area (Å²) in [6, 6.07) is 17.6. The monoisotopic (exact) mass is 346 g/mol. The first kappa shape index (κ1) is 16.1. The van der Waals surface area contributed by atoms with E-state index in [0.29, 0.717) is 24.9 Å². The largest absolute Gasteiger partial charge is 0.493 e. The molecule has 4 rings (SSSR count). The highest BCUT2D eigenvalue weighted by molar-refractivity contribution is 5.64. The lowest BCUT2D eigenvalue weighted by Gasteiger charge is -2.10. The van der Waals surface area contributed by atoms with Crippen molar-refractivity contribution in [3.8, 4) is 28.5 Å². The van der Waals surface area contributed by atoms with Gasteiger partial charge in [0.15, 0.2) is 0 Å². The number of imidazole rings is 1. The molecule has 0 fully saturated rings. The summed E-state index contributed by atoms with van der Waals surface area (Å²) in [4.78, 5) is 8.97. The molecule has 0 amide bonds. The van der Waals surface area contributed by atoms with Crippen molar-refractivity contribution in [1.82, 2.24) is 19.7 Å². The van der Waals surface area contributed by atoms with Crippen molar-refractivity contribution in [3.05, 3.63) is 72.9 Å². The molecule has 0 aliphatic rings. The second kappa shape index (κ2) is 7.23. The van der Waals surface area contributed by atoms with Crippen LogP contribution >= 0.6 is 0 Å². The first-order chi connectivity index (χ1) is 12.8. The minimum atomic E-state index is 0.440. The van der Waals surface area contributed by atoms with Gasteiger partial charge in [-0.1, -0.05) is 47.6 Å². The summed E-state index contributed by atoms with van der Waals surface area (Å²) in [5.41, 5.74) is 1.86. The molecule has 0 saturated heterocycles. The molecule has 2 aromatic carbocycles. The van der Waals surface area contributed by atoms with E-state index in [1.807, 2.05) is 72.3 Å². The fourth-order valence-corrected chi connectivity index (χ4v) is 2.78. The van der Waals surface area contributed by atoms with E-state index in [0.717, 1.165) is 22.7 Å². The highest BCUT2D eigenvalue weighted by Gasteiger charge is 2.14. The average Bonchev–Trinajstić information content (AvgIpc) is 3.33. The van der Waals surface area contributed by atoms with Crippen LogP contribution in [0.1, 0.15) is 12.8 Å². The van der Waals surface area contributed by atoms with Crippen molar-refractivity contribution in [2.24, 2.45) is 0 Å². The maximum Gasteiger partial charge on any atom is 0.246 e. The normalized spacial score (nSPS) is 10.8. The molecule has 2 aromatic heterocycles. The SMILES string of the molecule is CCOc1ccccc1-c1nccn1Cc1nc(-c2ccccc2)no1. The number of benzene rings is 2. The molecular weight excluding hydrogens is 328 g/mol. The number of hydrogen-bond donors (Lipinski definition) is 0. The quantitative estimate of drug-likeness (QED) is 0.527. The highest BCUT2D eigenvalue weighted by atomic mass is 16.5. The van der Waals surface area contributed by atoms with Crippen molar-refractivity contribution in [3.63, 3.8) is 0 Å². The number of para-hydroxylation sites is 1. The third kappa shape index (κ3) is 3.21. The molecule has 0 radical (unpaired) electrons. The molecule has 130 valence electrons. The Balaban J connectivity index is 1.62. The van der Waals surface area contributed by atoms with Crippen molar-refractivity contribution in [2.75, 3.05) is 6.61 Å². The van der Waals surface area contributed by atoms with Gasteiger partial charge in [-0.05, 0) is 19.1 Å². The van der Waals surface area contributed by atoms with Crippen LogP contribution < -0.4 is 4.74 Å². The van der Waals surface area contributed by atoms with Gasteiger partial charge in [0.1, 0.15) is 18.1 Å². The molecule has 2 heterocycles. The fourth-order valence-electron chi connectivity index (χ4n) is 2.78. The lowest BCUT2D eigenvalue weighted by Crippen LogP contribution is -2.03. The summed E-state index contributed by atoms with van der Waals surface area (Å²) in [7, 11) is 0. The maximum atomic E-state index is 5.72. The van der Waals surface area contributed by atoms with E-state index in [2.05, 4.69) is 15.1 Å². The molecule has 0 saturated carbocycles. The Hall–Kier alpha value is -3.41. The third-order valence-electron chi connectivity index (χ3n) is 3.95. The van der Waals surface area contributed by atoms with Gasteiger partial charge in [0, 0.05) is 18.0 Å². The number of rotatable bonds is 6. The molecule has 6 nitrogen and oxygen atoms in total. The van der Waals surface area contributed by atoms with Crippen LogP contribution in [0.2, 0.25) is 0 Å². The summed E-state index contributed by atoms with van der Waals surface area (Å²) >= 11 is 0. The van der Waals surface area contributed by atoms with Gasteiger partial charge in [-0.2, -0.15) is 4.98 Å². The Kier molecular flexibility index (Phi) is 4.47. The first-order valence-corrected chi connectivity index (χ1v) is 8.46. The van der Waals surface area contributed by atoms with E-state index >= 15 is 0 Å². The topological polar surface area (TPSA) is 66.0 Å². The van der Waals surface area contributed by atoms with Crippen molar-refractivity contribution in [1.29, 1.82) is 0 Å². The van der Waals surface area contributed by atoms with Gasteiger partial charge in [0.2, 0.25) is 11.7 Å². The smallest absolute Gasteiger partial charge is 0.246 e. The van der Waals surface area contributed by atoms with Crippen molar-refractivity contribution >= 4 is 0 Å². The molecule has 0 bridgehead atoms. The Labute approximate surface area is 151 Å². The van der Waals surface area contributed by atoms with E-state index in [9.17, 15) is 0 Å². The molecule has 0 aliphatic carbocycles. The summed E-state index contributed by atoms with van der Waals surface area (Å²) in [5.74, 6) is 2.71. The zero-order valence-electron chi connectivity index (χ0n) is 14.4. The Morgan fingerprint density at radius 3 is 2.69 bits per heavy atom. The molecule has 0 N–H and O–H groups in total. The van der Waals surface area contributed by atoms with E-state index < -0.39 is 0 Å². The molecule has 0 spiro atoms. The second-order valence-corrected chi connectivity index (χ2v) is 5.69. The van der Waals surface area contributed by atoms with E-state index in [-0.39, 0.29) is 0 Å². The van der Waals surface area contributed by atoms with Crippen LogP contribution in [0.4, 0.5) is 0 Å². The molecule has 4 aromatic rings. The van der Waals surface area contributed by atoms with Gasteiger partial charge in [-0.3, -0.25) is 0 Å². The Bertz CT molecular complexity index is 992. The number of aromatic nitrogens is 4. The van der Waals surface area contributed by atoms with Crippen molar-refractivity contribution < 1.29 is 9.26 Å². The lowest BCUT2D eigenvalue weighted by atomic mass is 10.2. The zero-order valence-corrected chi connectivity index (χ0v) is 14.4. The summed E-state index contributed by atoms with van der Waals surface area (Å²) < 4.78 is 13.1. The highest BCUT2D eigenvalue weighted by Crippen LogP contribution is 2.29. The number of ether oxygens (including phenoxy) is 1. The van der Waals surface area contributed by atoms with Gasteiger partial charge in [-0.15, -0.1) is 0 Å². The van der Waals surface area contributed by atoms with Crippen LogP contribution in [-0.2, 0) is 6.54 Å². The van der Waals surface area contributed by atoms with E-state index in [4.69, 9.17) is 9.26 Å². The van der Waals surface area contributed by atoms with E-state index in [1.54, 1.807) is 6.20 Å². The minimum Gasteiger partial charge on any atom is -0.493 e. The Morgan fingerprint density at radius 2 is 1.85 bits per heavy atom. The number of hydrogen-bond acceptors (Lipinski definition) is 5. The lowest BCUT2D eigenvalue weighted by molar-refractivity contribution is 0.341. The molecule has 0 aliphatic heterocycles. The molecule has 6 heteroatoms. The third-order valence-corrected chi connectivity index (χ3v) is 3.95. The van der Waals surface area contributed by atoms with Crippen LogP contribution in [0.25, 0.3) is 22.8 Å². The van der Waals surface area contributed by atoms with Gasteiger partial charge in [-0.25, -0.2) is 4.98 Å². The van der Waals surface area contributed by atoms with Crippen LogP contribution in [0.5, 0.6) is 5.75 Å². The average molecular weight is 346 g/mol. The summed E-state index contributed by atoms with van der Waals surface area (Å²) in [5, 5.41) is 4.07. The van der Waals surface area contributed by atoms with Gasteiger partial charge < -0.3 is 13.8 Å². The minimum absolute atomic E-state index is 0.440. The van der Waals surface area contributed by atoms with Crippen LogP contribution in [0.15, 0.2) is 71.5 Å². The standard InChI is InChI=1S/C20H18N4O2/c1-2-25-17-11-7-6-10-16(17)20-21-12-13-24(20)14-18-22-19(23-26-18)15-8-4-3-5-9-15/h3-13H,2,14H2,1H3. The predicted octanol–water partition coefficient (Wildman–Crippen LogP) is 4.05. The molecule has 0 unspecified atom stereocenters. The molecular formula is C20H18N4O2. The molecule has 26 heavy (non-hydrogen) atoms. The number of nitrogens with zero attached hydrogens (tertiary/aromatic N) is 4. The van der Waals surface area contributed by atoms with Gasteiger partial charge in [0.05, 0.1) is 12.2 Å². The summed E-state index contributed by atoms with van der Waals surface area (Å²) in [6.45, 7) is 3.00. The van der Waals surface area contributed by atoms with Crippen molar-refractivity contribution in [2.45, 2.75) is 13.5 Å².